The van der Waals surface area contributed by atoms with Crippen molar-refractivity contribution in [2.24, 2.45) is 5.92 Å². The summed E-state index contributed by atoms with van der Waals surface area (Å²) in [5, 5.41) is 3.01. The summed E-state index contributed by atoms with van der Waals surface area (Å²) in [4.78, 5) is 26.2. The smallest absolute Gasteiger partial charge is 0.224 e. The Morgan fingerprint density at radius 1 is 1.29 bits per heavy atom. The predicted octanol–water partition coefficient (Wildman–Crippen LogP) is 2.04. The summed E-state index contributed by atoms with van der Waals surface area (Å²) >= 11 is 0. The quantitative estimate of drug-likeness (QED) is 0.720. The van der Waals surface area contributed by atoms with Gasteiger partial charge in [-0.25, -0.2) is 9.97 Å². The van der Waals surface area contributed by atoms with Gasteiger partial charge in [-0.1, -0.05) is 13.8 Å². The highest BCUT2D eigenvalue weighted by atomic mass is 16.5. The van der Waals surface area contributed by atoms with Gasteiger partial charge in [-0.05, 0) is 38.1 Å². The number of carbonyl (C=O) groups excluding carboxylic acids is 1. The monoisotopic (exact) mass is 389 g/mol. The van der Waals surface area contributed by atoms with E-state index in [1.807, 2.05) is 6.20 Å². The number of carbonyl (C=O) groups is 1. The Hall–Kier alpha value is -1.73. The van der Waals surface area contributed by atoms with E-state index in [4.69, 9.17) is 4.74 Å². The zero-order valence-electron chi connectivity index (χ0n) is 17.6. The number of piperidine rings is 2. The molecule has 3 rings (SSSR count). The summed E-state index contributed by atoms with van der Waals surface area (Å²) in [5.74, 6) is 1.81. The van der Waals surface area contributed by atoms with Crippen molar-refractivity contribution in [1.29, 1.82) is 0 Å². The highest BCUT2D eigenvalue weighted by Gasteiger charge is 2.32. The number of hydrogen-bond donors (Lipinski definition) is 1. The van der Waals surface area contributed by atoms with E-state index in [-0.39, 0.29) is 11.8 Å². The Balaban J connectivity index is 1.53. The summed E-state index contributed by atoms with van der Waals surface area (Å²) in [5.41, 5.74) is 1.23. The molecule has 0 spiro atoms. The van der Waals surface area contributed by atoms with Crippen molar-refractivity contribution in [3.8, 4) is 0 Å². The first-order chi connectivity index (χ1) is 13.6. The van der Waals surface area contributed by atoms with Crippen LogP contribution in [0.4, 0.5) is 5.82 Å². The molecule has 0 unspecified atom stereocenters. The molecule has 2 aliphatic heterocycles. The van der Waals surface area contributed by atoms with E-state index in [9.17, 15) is 4.79 Å². The third-order valence-electron chi connectivity index (χ3n) is 6.05. The number of nitrogens with zero attached hydrogens (tertiary/aromatic N) is 4. The number of nitrogens with one attached hydrogen (secondary N) is 1. The van der Waals surface area contributed by atoms with Crippen LogP contribution in [0, 0.1) is 5.92 Å². The van der Waals surface area contributed by atoms with Crippen LogP contribution in [0.15, 0.2) is 12.5 Å². The van der Waals surface area contributed by atoms with Crippen LogP contribution in [-0.2, 0) is 9.53 Å². The molecule has 0 bridgehead atoms. The van der Waals surface area contributed by atoms with Gasteiger partial charge < -0.3 is 15.0 Å². The maximum absolute atomic E-state index is 12.4. The number of methoxy groups -OCH3 is 1. The Labute approximate surface area is 168 Å². The number of rotatable bonds is 7. The summed E-state index contributed by atoms with van der Waals surface area (Å²) < 4.78 is 5.03. The predicted molar refractivity (Wildman–Crippen MR) is 111 cm³/mol. The molecule has 2 fully saturated rings. The van der Waals surface area contributed by atoms with Gasteiger partial charge in [-0.2, -0.15) is 0 Å². The number of ether oxygens (including phenoxy) is 1. The molecule has 28 heavy (non-hydrogen) atoms. The van der Waals surface area contributed by atoms with Crippen molar-refractivity contribution in [3.63, 3.8) is 0 Å². The lowest BCUT2D eigenvalue weighted by molar-refractivity contribution is -0.127. The largest absolute Gasteiger partial charge is 0.383 e. The number of anilines is 1. The van der Waals surface area contributed by atoms with Gasteiger partial charge in [-0.15, -0.1) is 0 Å². The Kier molecular flexibility index (Phi) is 7.62. The summed E-state index contributed by atoms with van der Waals surface area (Å²) in [7, 11) is 1.66. The fourth-order valence-electron chi connectivity index (χ4n) is 4.42. The van der Waals surface area contributed by atoms with E-state index in [2.05, 4.69) is 38.9 Å². The maximum Gasteiger partial charge on any atom is 0.224 e. The molecule has 156 valence electrons. The Bertz CT molecular complexity index is 631. The summed E-state index contributed by atoms with van der Waals surface area (Å²) in [6, 6.07) is 0.565. The highest BCUT2D eigenvalue weighted by Crippen LogP contribution is 2.29. The maximum atomic E-state index is 12.4. The van der Waals surface area contributed by atoms with Gasteiger partial charge >= 0.3 is 0 Å². The van der Waals surface area contributed by atoms with Crippen LogP contribution in [0.5, 0.6) is 0 Å². The average molecular weight is 390 g/mol. The molecular weight excluding hydrogens is 354 g/mol. The Morgan fingerprint density at radius 3 is 2.79 bits per heavy atom. The third-order valence-corrected chi connectivity index (χ3v) is 6.05. The molecule has 7 nitrogen and oxygen atoms in total. The fraction of sp³-hybridized carbons (Fsp3) is 0.762. The van der Waals surface area contributed by atoms with E-state index < -0.39 is 0 Å². The second-order valence-electron chi connectivity index (χ2n) is 8.29. The molecule has 3 heterocycles. The zero-order chi connectivity index (χ0) is 19.9. The van der Waals surface area contributed by atoms with Gasteiger partial charge in [0, 0.05) is 51.1 Å². The molecule has 1 amide bonds. The van der Waals surface area contributed by atoms with E-state index in [1.165, 1.54) is 5.56 Å². The molecule has 0 aliphatic carbocycles. The van der Waals surface area contributed by atoms with E-state index in [0.717, 1.165) is 57.7 Å². The van der Waals surface area contributed by atoms with Crippen molar-refractivity contribution in [3.05, 3.63) is 18.1 Å². The van der Waals surface area contributed by atoms with Crippen molar-refractivity contribution < 1.29 is 9.53 Å². The van der Waals surface area contributed by atoms with Crippen LogP contribution in [-0.4, -0.2) is 73.3 Å². The highest BCUT2D eigenvalue weighted by molar-refractivity contribution is 5.78. The molecule has 0 saturated carbocycles. The van der Waals surface area contributed by atoms with Crippen molar-refractivity contribution in [1.82, 2.24) is 20.2 Å². The number of amides is 1. The molecule has 0 aromatic carbocycles. The normalized spacial score (nSPS) is 21.9. The number of aromatic nitrogens is 2. The zero-order valence-corrected chi connectivity index (χ0v) is 17.6. The molecule has 2 aliphatic rings. The molecule has 2 saturated heterocycles. The lowest BCUT2D eigenvalue weighted by Gasteiger charge is -2.42. The molecular formula is C21H35N5O2. The van der Waals surface area contributed by atoms with Gasteiger partial charge in [-0.3, -0.25) is 9.69 Å². The van der Waals surface area contributed by atoms with E-state index in [1.54, 1.807) is 13.4 Å². The second kappa shape index (κ2) is 10.2. The van der Waals surface area contributed by atoms with Gasteiger partial charge in [0.05, 0.1) is 12.5 Å². The molecule has 1 aromatic heterocycles. The topological polar surface area (TPSA) is 70.6 Å². The van der Waals surface area contributed by atoms with Crippen LogP contribution >= 0.6 is 0 Å². The van der Waals surface area contributed by atoms with Crippen LogP contribution in [0.3, 0.4) is 0 Å². The fourth-order valence-corrected chi connectivity index (χ4v) is 4.42. The third kappa shape index (κ3) is 5.20. The van der Waals surface area contributed by atoms with Crippen molar-refractivity contribution >= 4 is 11.7 Å². The average Bonchev–Trinajstić information content (AvgIpc) is 2.74. The van der Waals surface area contributed by atoms with Gasteiger partial charge in [0.1, 0.15) is 12.1 Å². The molecule has 1 aromatic rings. The minimum atomic E-state index is 0.109. The lowest BCUT2D eigenvalue weighted by Crippen LogP contribution is -2.51. The number of likely N-dealkylation sites (tertiary alicyclic amines) is 1. The van der Waals surface area contributed by atoms with Crippen LogP contribution in [0.1, 0.15) is 51.0 Å². The van der Waals surface area contributed by atoms with Crippen LogP contribution < -0.4 is 10.2 Å². The number of hydrogen-bond acceptors (Lipinski definition) is 6. The first kappa shape index (κ1) is 21.0. The van der Waals surface area contributed by atoms with Crippen LogP contribution in [0.2, 0.25) is 0 Å². The van der Waals surface area contributed by atoms with Gasteiger partial charge in [0.2, 0.25) is 5.91 Å². The van der Waals surface area contributed by atoms with E-state index in [0.29, 0.717) is 25.1 Å². The molecule has 7 heteroatoms. The SMILES string of the molecule is COCCNC(=O)[C@H]1CCCN(C2CCN(c3ncncc3C(C)C)CC2)C1. The molecule has 1 atom stereocenters. The second-order valence-corrected chi connectivity index (χ2v) is 8.29. The standard InChI is InChI=1S/C21H35N5O2/c1-16(2)19-13-22-15-24-20(19)25-10-6-18(7-11-25)26-9-4-5-17(14-26)21(27)23-8-12-28-3/h13,15-18H,4-12,14H2,1-3H3,(H,23,27)/t17-/m0/s1. The lowest BCUT2D eigenvalue weighted by atomic mass is 9.93. The minimum absolute atomic E-state index is 0.109. The summed E-state index contributed by atoms with van der Waals surface area (Å²) in [6.45, 7) is 9.58. The van der Waals surface area contributed by atoms with Crippen molar-refractivity contribution in [2.75, 3.05) is 51.3 Å². The van der Waals surface area contributed by atoms with Crippen molar-refractivity contribution in [2.45, 2.75) is 51.5 Å². The van der Waals surface area contributed by atoms with E-state index >= 15 is 0 Å². The van der Waals surface area contributed by atoms with Crippen LogP contribution in [0.25, 0.3) is 0 Å². The molecule has 0 radical (unpaired) electrons. The first-order valence-corrected chi connectivity index (χ1v) is 10.7. The van der Waals surface area contributed by atoms with Gasteiger partial charge in [0.25, 0.3) is 0 Å². The van der Waals surface area contributed by atoms with Gasteiger partial charge in [0.15, 0.2) is 0 Å². The first-order valence-electron chi connectivity index (χ1n) is 10.7. The molecule has 1 N–H and O–H groups in total. The summed E-state index contributed by atoms with van der Waals surface area (Å²) in [6.07, 6.45) is 7.96. The minimum Gasteiger partial charge on any atom is -0.383 e. The Morgan fingerprint density at radius 2 is 2.07 bits per heavy atom.